The summed E-state index contributed by atoms with van der Waals surface area (Å²) in [5.74, 6) is -0.767. The van der Waals surface area contributed by atoms with E-state index in [-0.39, 0.29) is 36.8 Å². The molecule has 0 saturated heterocycles. The molecule has 12 nitrogen and oxygen atoms in total. The quantitative estimate of drug-likeness (QED) is 0.157. The van der Waals surface area contributed by atoms with Crippen molar-refractivity contribution in [3.8, 4) is 0 Å². The highest BCUT2D eigenvalue weighted by Crippen LogP contribution is 2.08. The van der Waals surface area contributed by atoms with Gasteiger partial charge >= 0.3 is 6.03 Å². The van der Waals surface area contributed by atoms with E-state index in [9.17, 15) is 14.4 Å². The molecule has 0 fully saturated rings. The minimum atomic E-state index is -0.839. The van der Waals surface area contributed by atoms with Gasteiger partial charge in [-0.15, -0.1) is 0 Å². The molecule has 1 aliphatic heterocycles. The first-order chi connectivity index (χ1) is 11.7. The van der Waals surface area contributed by atoms with Gasteiger partial charge in [0.05, 0.1) is 6.54 Å². The summed E-state index contributed by atoms with van der Waals surface area (Å²) in [6.07, 6.45) is 1.29. The second-order valence-corrected chi connectivity index (χ2v) is 5.60. The van der Waals surface area contributed by atoms with Gasteiger partial charge in [0.2, 0.25) is 11.9 Å². The summed E-state index contributed by atoms with van der Waals surface area (Å²) in [5.41, 5.74) is 21.3. The minimum absolute atomic E-state index is 0.0124. The molecule has 0 aromatic carbocycles. The molecule has 0 aromatic rings. The van der Waals surface area contributed by atoms with Gasteiger partial charge in [-0.3, -0.25) is 25.2 Å². The van der Waals surface area contributed by atoms with E-state index in [0.717, 1.165) is 0 Å². The Hall–Kier alpha value is -2.89. The van der Waals surface area contributed by atoms with Crippen molar-refractivity contribution in [1.82, 2.24) is 15.5 Å². The number of nitrogens with one attached hydrogen (secondary N) is 2. The van der Waals surface area contributed by atoms with Crippen LogP contribution in [0.2, 0.25) is 0 Å². The van der Waals surface area contributed by atoms with E-state index in [1.807, 2.05) is 0 Å². The first-order valence-corrected chi connectivity index (χ1v) is 7.69. The molecule has 12 heteroatoms. The average molecular weight is 355 g/mol. The lowest BCUT2D eigenvalue weighted by atomic mass is 10.1. The zero-order chi connectivity index (χ0) is 19.0. The molecule has 1 aliphatic rings. The Kier molecular flexibility index (Phi) is 7.59. The van der Waals surface area contributed by atoms with Crippen molar-refractivity contribution in [3.63, 3.8) is 0 Å². The van der Waals surface area contributed by atoms with Crippen LogP contribution >= 0.6 is 0 Å². The van der Waals surface area contributed by atoms with E-state index in [1.54, 1.807) is 0 Å². The number of carbonyl (C=O) groups is 3. The third kappa shape index (κ3) is 7.03. The number of carbonyl (C=O) groups excluding carboxylic acids is 3. The SMILES string of the molecule is CN(C(=O)C[C@@H](N)CCCN=C(N)N)[C@@H]1CN=C(NC(N)=O)NC1=O. The van der Waals surface area contributed by atoms with Crippen molar-refractivity contribution in [2.45, 2.75) is 31.3 Å². The van der Waals surface area contributed by atoms with Gasteiger partial charge in [-0.2, -0.15) is 0 Å². The van der Waals surface area contributed by atoms with Gasteiger partial charge in [-0.25, -0.2) is 9.79 Å². The van der Waals surface area contributed by atoms with Crippen LogP contribution in [0.3, 0.4) is 0 Å². The molecule has 1 rings (SSSR count). The second-order valence-electron chi connectivity index (χ2n) is 5.60. The lowest BCUT2D eigenvalue weighted by Gasteiger charge is -2.30. The predicted molar refractivity (Wildman–Crippen MR) is 92.2 cm³/mol. The number of nitrogens with zero attached hydrogens (tertiary/aromatic N) is 3. The molecule has 1 heterocycles. The minimum Gasteiger partial charge on any atom is -0.370 e. The number of hydrogen-bond donors (Lipinski definition) is 6. The van der Waals surface area contributed by atoms with Crippen LogP contribution in [-0.4, -0.2) is 66.9 Å². The van der Waals surface area contributed by atoms with E-state index in [1.165, 1.54) is 11.9 Å². The van der Waals surface area contributed by atoms with E-state index in [2.05, 4.69) is 20.6 Å². The average Bonchev–Trinajstić information content (AvgIpc) is 2.50. The van der Waals surface area contributed by atoms with Crippen molar-refractivity contribution in [2.75, 3.05) is 20.1 Å². The molecule has 2 atom stereocenters. The van der Waals surface area contributed by atoms with Gasteiger partial charge in [0, 0.05) is 26.1 Å². The van der Waals surface area contributed by atoms with E-state index >= 15 is 0 Å². The smallest absolute Gasteiger partial charge is 0.318 e. The lowest BCUT2D eigenvalue weighted by Crippen LogP contribution is -2.58. The summed E-state index contributed by atoms with van der Waals surface area (Å²) in [6.45, 7) is 0.457. The van der Waals surface area contributed by atoms with Crippen molar-refractivity contribution in [1.29, 1.82) is 0 Å². The number of rotatable bonds is 7. The number of amides is 4. The summed E-state index contributed by atoms with van der Waals surface area (Å²) >= 11 is 0. The number of likely N-dealkylation sites (N-methyl/N-ethyl adjacent to an activating group) is 1. The Labute approximate surface area is 145 Å². The summed E-state index contributed by atoms with van der Waals surface area (Å²) < 4.78 is 0. The Bertz CT molecular complexity index is 571. The number of hydrogen-bond acceptors (Lipinski definition) is 6. The molecule has 0 spiro atoms. The van der Waals surface area contributed by atoms with Crippen LogP contribution in [0.4, 0.5) is 4.79 Å². The molecule has 4 amide bonds. The van der Waals surface area contributed by atoms with Crippen molar-refractivity contribution >= 4 is 29.8 Å². The van der Waals surface area contributed by atoms with Crippen molar-refractivity contribution in [3.05, 3.63) is 0 Å². The molecule has 0 aliphatic carbocycles. The maximum atomic E-state index is 12.3. The summed E-state index contributed by atoms with van der Waals surface area (Å²) in [5, 5.41) is 4.55. The molecular formula is C13H25N9O3. The number of primary amides is 1. The molecule has 0 unspecified atom stereocenters. The molecule has 0 aromatic heterocycles. The highest BCUT2D eigenvalue weighted by molar-refractivity contribution is 6.07. The number of aliphatic imine (C=N–C) groups is 2. The number of urea groups is 1. The molecule has 25 heavy (non-hydrogen) atoms. The third-order valence-corrected chi connectivity index (χ3v) is 3.53. The fourth-order valence-corrected chi connectivity index (χ4v) is 2.19. The number of nitrogens with two attached hydrogens (primary N) is 4. The van der Waals surface area contributed by atoms with Gasteiger partial charge in [0.25, 0.3) is 5.91 Å². The summed E-state index contributed by atoms with van der Waals surface area (Å²) in [4.78, 5) is 44.1. The Balaban J connectivity index is 2.48. The van der Waals surface area contributed by atoms with Crippen LogP contribution in [0.5, 0.6) is 0 Å². The Morgan fingerprint density at radius 2 is 2.12 bits per heavy atom. The maximum absolute atomic E-state index is 12.3. The number of guanidine groups is 2. The predicted octanol–water partition coefficient (Wildman–Crippen LogP) is -3.26. The topological polar surface area (TPSA) is 207 Å². The van der Waals surface area contributed by atoms with Crippen molar-refractivity contribution in [2.24, 2.45) is 32.9 Å². The maximum Gasteiger partial charge on any atom is 0.318 e. The fraction of sp³-hybridized carbons (Fsp3) is 0.615. The second kappa shape index (κ2) is 9.42. The van der Waals surface area contributed by atoms with Gasteiger partial charge in [0.15, 0.2) is 5.96 Å². The van der Waals surface area contributed by atoms with Crippen LogP contribution < -0.4 is 33.6 Å². The van der Waals surface area contributed by atoms with E-state index < -0.39 is 18.0 Å². The first kappa shape index (κ1) is 20.2. The zero-order valence-corrected chi connectivity index (χ0v) is 14.1. The van der Waals surface area contributed by atoms with E-state index in [4.69, 9.17) is 22.9 Å². The summed E-state index contributed by atoms with van der Waals surface area (Å²) in [6, 6.07) is -1.99. The van der Waals surface area contributed by atoms with Gasteiger partial charge in [-0.05, 0) is 12.8 Å². The van der Waals surface area contributed by atoms with Crippen LogP contribution in [0.15, 0.2) is 9.98 Å². The van der Waals surface area contributed by atoms with Crippen LogP contribution in [0.25, 0.3) is 0 Å². The Morgan fingerprint density at radius 1 is 1.44 bits per heavy atom. The normalized spacial score (nSPS) is 17.8. The molecule has 0 saturated carbocycles. The molecule has 10 N–H and O–H groups in total. The van der Waals surface area contributed by atoms with Crippen LogP contribution in [0, 0.1) is 0 Å². The zero-order valence-electron chi connectivity index (χ0n) is 14.1. The highest BCUT2D eigenvalue weighted by atomic mass is 16.2. The lowest BCUT2D eigenvalue weighted by molar-refractivity contribution is -0.138. The van der Waals surface area contributed by atoms with Crippen LogP contribution in [0.1, 0.15) is 19.3 Å². The van der Waals surface area contributed by atoms with Crippen molar-refractivity contribution < 1.29 is 14.4 Å². The first-order valence-electron chi connectivity index (χ1n) is 7.69. The molecule has 0 bridgehead atoms. The third-order valence-electron chi connectivity index (χ3n) is 3.53. The molecule has 140 valence electrons. The molecular weight excluding hydrogens is 330 g/mol. The van der Waals surface area contributed by atoms with Gasteiger partial charge < -0.3 is 27.8 Å². The highest BCUT2D eigenvalue weighted by Gasteiger charge is 2.31. The molecule has 0 radical (unpaired) electrons. The Morgan fingerprint density at radius 3 is 2.68 bits per heavy atom. The van der Waals surface area contributed by atoms with Gasteiger partial charge in [0.1, 0.15) is 6.04 Å². The monoisotopic (exact) mass is 355 g/mol. The standard InChI is InChI=1S/C13H25N9O3/c1-22(8-6-19-13(20-10(8)24)21-12(17)25)9(23)5-7(14)3-2-4-18-11(15)16/h7-8H,2-6,14H2,1H3,(H4,15,16,18)(H4,17,19,20,21,24,25)/t7-,8+/m0/s1. The summed E-state index contributed by atoms with van der Waals surface area (Å²) in [7, 11) is 1.50. The van der Waals surface area contributed by atoms with Gasteiger partial charge in [-0.1, -0.05) is 0 Å². The van der Waals surface area contributed by atoms with E-state index in [0.29, 0.717) is 19.4 Å². The fourth-order valence-electron chi connectivity index (χ4n) is 2.19. The van der Waals surface area contributed by atoms with Crippen LogP contribution in [-0.2, 0) is 9.59 Å². The largest absolute Gasteiger partial charge is 0.370 e.